The summed E-state index contributed by atoms with van der Waals surface area (Å²) in [7, 11) is 3.01. The number of carbonyl (C=O) groups is 2. The van der Waals surface area contributed by atoms with Crippen LogP contribution in [-0.4, -0.2) is 31.7 Å². The van der Waals surface area contributed by atoms with Gasteiger partial charge in [-0.1, -0.05) is 19.4 Å². The summed E-state index contributed by atoms with van der Waals surface area (Å²) in [6, 6.07) is 6.87. The quantitative estimate of drug-likeness (QED) is 0.490. The van der Waals surface area contributed by atoms with Gasteiger partial charge >= 0.3 is 5.69 Å². The lowest BCUT2D eigenvalue weighted by Gasteiger charge is -2.14. The first-order valence-electron chi connectivity index (χ1n) is 10.6. The minimum absolute atomic E-state index is 0.0641. The molecule has 2 aromatic heterocycles. The third kappa shape index (κ3) is 5.51. The maximum atomic E-state index is 13.0. The van der Waals surface area contributed by atoms with Gasteiger partial charge in [-0.05, 0) is 36.6 Å². The second-order valence-corrected chi connectivity index (χ2v) is 8.70. The van der Waals surface area contributed by atoms with E-state index in [0.717, 1.165) is 23.0 Å². The third-order valence-electron chi connectivity index (χ3n) is 5.11. The van der Waals surface area contributed by atoms with Crippen molar-refractivity contribution in [2.75, 3.05) is 16.4 Å². The van der Waals surface area contributed by atoms with Crippen LogP contribution in [0.1, 0.15) is 32.3 Å². The normalized spacial score (nSPS) is 10.9. The van der Waals surface area contributed by atoms with Crippen molar-refractivity contribution in [3.8, 4) is 0 Å². The first-order chi connectivity index (χ1) is 15.7. The molecular formula is C23H27N5O4S. The summed E-state index contributed by atoms with van der Waals surface area (Å²) in [6.07, 6.45) is 4.29. The molecule has 9 nitrogen and oxygen atoms in total. The van der Waals surface area contributed by atoms with Gasteiger partial charge in [0.05, 0.1) is 11.1 Å². The number of nitrogens with one attached hydrogen (secondary N) is 2. The van der Waals surface area contributed by atoms with Crippen LogP contribution < -0.4 is 21.9 Å². The first kappa shape index (κ1) is 24.2. The van der Waals surface area contributed by atoms with Crippen molar-refractivity contribution in [3.63, 3.8) is 0 Å². The summed E-state index contributed by atoms with van der Waals surface area (Å²) in [5.41, 5.74) is 1.44. The number of aryl methyl sites for hydroxylation is 2. The van der Waals surface area contributed by atoms with Crippen molar-refractivity contribution in [2.45, 2.75) is 38.0 Å². The number of fused-ring (bicyclic) bond motifs is 1. The van der Waals surface area contributed by atoms with Crippen LogP contribution in [0.2, 0.25) is 0 Å². The number of anilines is 2. The van der Waals surface area contributed by atoms with E-state index in [1.807, 2.05) is 0 Å². The van der Waals surface area contributed by atoms with Gasteiger partial charge in [0.15, 0.2) is 0 Å². The summed E-state index contributed by atoms with van der Waals surface area (Å²) >= 11 is 1.26. The number of aromatic nitrogens is 3. The average molecular weight is 470 g/mol. The summed E-state index contributed by atoms with van der Waals surface area (Å²) in [6.45, 7) is 3.49. The summed E-state index contributed by atoms with van der Waals surface area (Å²) in [5.74, 6) is -0.392. The molecule has 2 heterocycles. The molecular weight excluding hydrogens is 442 g/mol. The Balaban J connectivity index is 1.91. The molecule has 174 valence electrons. The van der Waals surface area contributed by atoms with Gasteiger partial charge in [0.1, 0.15) is 5.65 Å². The van der Waals surface area contributed by atoms with Crippen molar-refractivity contribution in [3.05, 3.63) is 56.9 Å². The summed E-state index contributed by atoms with van der Waals surface area (Å²) < 4.78 is 2.41. The molecule has 0 aliphatic rings. The fourth-order valence-electron chi connectivity index (χ4n) is 3.46. The molecule has 0 spiro atoms. The van der Waals surface area contributed by atoms with Gasteiger partial charge in [-0.2, -0.15) is 0 Å². The molecule has 0 radical (unpaired) electrons. The molecule has 0 fully saturated rings. The molecule has 0 unspecified atom stereocenters. The lowest BCUT2D eigenvalue weighted by atomic mass is 10.1. The zero-order valence-corrected chi connectivity index (χ0v) is 19.9. The van der Waals surface area contributed by atoms with Crippen LogP contribution in [0.25, 0.3) is 11.0 Å². The number of carbonyl (C=O) groups excluding carboxylic acids is 2. The van der Waals surface area contributed by atoms with Gasteiger partial charge in [0.2, 0.25) is 11.8 Å². The number of hydrogen-bond acceptors (Lipinski definition) is 6. The highest BCUT2D eigenvalue weighted by Crippen LogP contribution is 2.29. The van der Waals surface area contributed by atoms with E-state index < -0.39 is 11.2 Å². The first-order valence-corrected chi connectivity index (χ1v) is 11.6. The number of thioether (sulfide) groups is 1. The van der Waals surface area contributed by atoms with Crippen LogP contribution in [0.15, 0.2) is 44.9 Å². The van der Waals surface area contributed by atoms with Crippen LogP contribution >= 0.6 is 11.8 Å². The van der Waals surface area contributed by atoms with Gasteiger partial charge < -0.3 is 10.6 Å². The Morgan fingerprint density at radius 2 is 1.79 bits per heavy atom. The second kappa shape index (κ2) is 10.5. The van der Waals surface area contributed by atoms with Crippen molar-refractivity contribution in [2.24, 2.45) is 14.1 Å². The highest BCUT2D eigenvalue weighted by Gasteiger charge is 2.18. The van der Waals surface area contributed by atoms with Crippen LogP contribution in [0.5, 0.6) is 0 Å². The predicted octanol–water partition coefficient (Wildman–Crippen LogP) is 2.66. The Hall–Kier alpha value is -3.40. The molecule has 0 saturated carbocycles. The molecule has 0 aliphatic carbocycles. The highest BCUT2D eigenvalue weighted by atomic mass is 32.2. The van der Waals surface area contributed by atoms with Gasteiger partial charge in [-0.3, -0.25) is 23.5 Å². The second-order valence-electron chi connectivity index (χ2n) is 7.72. The van der Waals surface area contributed by atoms with E-state index in [0.29, 0.717) is 33.7 Å². The molecule has 0 aliphatic heterocycles. The SMILES string of the molecule is CCCCc1cnc2c(c1SCC(=O)Nc1cccc(NC(C)=O)c1)c(=O)n(C)c(=O)n2C. The van der Waals surface area contributed by atoms with E-state index in [2.05, 4.69) is 22.5 Å². The van der Waals surface area contributed by atoms with Gasteiger partial charge in [0.25, 0.3) is 5.56 Å². The number of unbranched alkanes of at least 4 members (excludes halogenated alkanes) is 1. The molecule has 0 saturated heterocycles. The number of rotatable bonds is 8. The Bertz CT molecular complexity index is 1330. The number of amides is 2. The lowest BCUT2D eigenvalue weighted by molar-refractivity contribution is -0.114. The maximum Gasteiger partial charge on any atom is 0.332 e. The number of pyridine rings is 1. The molecule has 0 bridgehead atoms. The van der Waals surface area contributed by atoms with E-state index in [-0.39, 0.29) is 17.6 Å². The fourth-order valence-corrected chi connectivity index (χ4v) is 4.48. The molecule has 2 N–H and O–H groups in total. The van der Waals surface area contributed by atoms with E-state index in [9.17, 15) is 19.2 Å². The van der Waals surface area contributed by atoms with Gasteiger partial charge in [-0.15, -0.1) is 11.8 Å². The largest absolute Gasteiger partial charge is 0.332 e. The average Bonchev–Trinajstić information content (AvgIpc) is 2.78. The molecule has 2 amide bonds. The molecule has 3 rings (SSSR count). The maximum absolute atomic E-state index is 13.0. The Kier molecular flexibility index (Phi) is 7.70. The van der Waals surface area contributed by atoms with Crippen LogP contribution in [0.3, 0.4) is 0 Å². The zero-order chi connectivity index (χ0) is 24.1. The van der Waals surface area contributed by atoms with Crippen LogP contribution in [0, 0.1) is 0 Å². The topological polar surface area (TPSA) is 115 Å². The summed E-state index contributed by atoms with van der Waals surface area (Å²) in [4.78, 5) is 54.3. The van der Waals surface area contributed by atoms with Crippen molar-refractivity contribution in [1.82, 2.24) is 14.1 Å². The Morgan fingerprint density at radius 1 is 1.09 bits per heavy atom. The van der Waals surface area contributed by atoms with Crippen molar-refractivity contribution < 1.29 is 9.59 Å². The minimum Gasteiger partial charge on any atom is -0.326 e. The van der Waals surface area contributed by atoms with Gasteiger partial charge in [-0.25, -0.2) is 9.78 Å². The predicted molar refractivity (Wildman–Crippen MR) is 131 cm³/mol. The fraction of sp³-hybridized carbons (Fsp3) is 0.348. The molecule has 3 aromatic rings. The number of nitrogens with zero attached hydrogens (tertiary/aromatic N) is 3. The van der Waals surface area contributed by atoms with Crippen molar-refractivity contribution >= 4 is 46.0 Å². The van der Waals surface area contributed by atoms with E-state index >= 15 is 0 Å². The molecule has 0 atom stereocenters. The third-order valence-corrected chi connectivity index (χ3v) is 6.27. The molecule has 1 aromatic carbocycles. The van der Waals surface area contributed by atoms with Gasteiger partial charge in [0, 0.05) is 43.5 Å². The Morgan fingerprint density at radius 3 is 2.45 bits per heavy atom. The summed E-state index contributed by atoms with van der Waals surface area (Å²) in [5, 5.41) is 5.84. The minimum atomic E-state index is -0.450. The van der Waals surface area contributed by atoms with E-state index in [1.54, 1.807) is 37.5 Å². The van der Waals surface area contributed by atoms with Crippen molar-refractivity contribution in [1.29, 1.82) is 0 Å². The zero-order valence-electron chi connectivity index (χ0n) is 19.1. The standard InChI is InChI=1S/C23H27N5O4S/c1-5-6-8-15-12-24-21-19(22(31)28(4)23(32)27(21)3)20(15)33-13-18(30)26-17-10-7-9-16(11-17)25-14(2)29/h7,9-12H,5-6,8,13H2,1-4H3,(H,25,29)(H,26,30). The lowest BCUT2D eigenvalue weighted by Crippen LogP contribution is -2.37. The Labute approximate surface area is 195 Å². The van der Waals surface area contributed by atoms with Crippen LogP contribution in [-0.2, 0) is 30.1 Å². The van der Waals surface area contributed by atoms with Crippen LogP contribution in [0.4, 0.5) is 11.4 Å². The molecule has 10 heteroatoms. The highest BCUT2D eigenvalue weighted by molar-refractivity contribution is 8.00. The molecule has 33 heavy (non-hydrogen) atoms. The monoisotopic (exact) mass is 469 g/mol. The number of hydrogen-bond donors (Lipinski definition) is 2. The van der Waals surface area contributed by atoms with E-state index in [4.69, 9.17) is 0 Å². The number of benzene rings is 1. The van der Waals surface area contributed by atoms with E-state index in [1.165, 1.54) is 30.3 Å². The smallest absolute Gasteiger partial charge is 0.326 e.